The van der Waals surface area contributed by atoms with E-state index in [9.17, 15) is 9.59 Å². The number of hydrogen-bond acceptors (Lipinski definition) is 3. The molecule has 0 N–H and O–H groups in total. The molecule has 1 amide bonds. The summed E-state index contributed by atoms with van der Waals surface area (Å²) in [6, 6.07) is 2.38. The first-order valence-corrected chi connectivity index (χ1v) is 9.56. The van der Waals surface area contributed by atoms with Gasteiger partial charge in [-0.25, -0.2) is 0 Å². The van der Waals surface area contributed by atoms with Crippen LogP contribution in [0.3, 0.4) is 0 Å². The number of carbonyl (C=O) groups excluding carboxylic acids is 2. The summed E-state index contributed by atoms with van der Waals surface area (Å²) in [5.41, 5.74) is 3.04. The molecule has 0 aromatic carbocycles. The maximum atomic E-state index is 12.7. The highest BCUT2D eigenvalue weighted by Gasteiger charge is 2.24. The zero-order valence-corrected chi connectivity index (χ0v) is 16.5. The van der Waals surface area contributed by atoms with Crippen LogP contribution in [0.15, 0.2) is 6.07 Å². The lowest BCUT2D eigenvalue weighted by molar-refractivity contribution is -0.132. The summed E-state index contributed by atoms with van der Waals surface area (Å²) in [5.74, 6) is 0.444. The number of nitrogens with zero attached hydrogens (tertiary/aromatic N) is 3. The van der Waals surface area contributed by atoms with Crippen molar-refractivity contribution >= 4 is 11.7 Å². The molecule has 0 unspecified atom stereocenters. The molecule has 25 heavy (non-hydrogen) atoms. The quantitative estimate of drug-likeness (QED) is 0.712. The van der Waals surface area contributed by atoms with Crippen LogP contribution in [0.2, 0.25) is 0 Å². The molecule has 5 nitrogen and oxygen atoms in total. The molecule has 0 atom stereocenters. The molecule has 0 aliphatic carbocycles. The van der Waals surface area contributed by atoms with Gasteiger partial charge in [-0.3, -0.25) is 14.5 Å². The van der Waals surface area contributed by atoms with Gasteiger partial charge in [0.1, 0.15) is 0 Å². The minimum atomic E-state index is 0.186. The zero-order valence-electron chi connectivity index (χ0n) is 16.5. The molecule has 0 spiro atoms. The van der Waals surface area contributed by atoms with Crippen molar-refractivity contribution in [1.29, 1.82) is 0 Å². The van der Waals surface area contributed by atoms with Crippen molar-refractivity contribution in [2.75, 3.05) is 32.7 Å². The van der Waals surface area contributed by atoms with Crippen LogP contribution in [-0.2, 0) is 4.79 Å². The number of piperazine rings is 1. The fourth-order valence-electron chi connectivity index (χ4n) is 3.78. The maximum absolute atomic E-state index is 12.7. The van der Waals surface area contributed by atoms with Gasteiger partial charge in [-0.2, -0.15) is 0 Å². The van der Waals surface area contributed by atoms with Gasteiger partial charge in [-0.05, 0) is 40.2 Å². The van der Waals surface area contributed by atoms with Gasteiger partial charge in [0.25, 0.3) is 0 Å². The third-order valence-electron chi connectivity index (χ3n) is 5.14. The van der Waals surface area contributed by atoms with E-state index in [4.69, 9.17) is 0 Å². The number of carbonyl (C=O) groups is 2. The van der Waals surface area contributed by atoms with Crippen LogP contribution >= 0.6 is 0 Å². The summed E-state index contributed by atoms with van der Waals surface area (Å²) in [6.07, 6.45) is 2.66. The van der Waals surface area contributed by atoms with Crippen molar-refractivity contribution < 1.29 is 9.59 Å². The van der Waals surface area contributed by atoms with Crippen LogP contribution < -0.4 is 0 Å². The fourth-order valence-corrected chi connectivity index (χ4v) is 3.78. The molecule has 0 radical (unpaired) electrons. The third-order valence-corrected chi connectivity index (χ3v) is 5.14. The molecule has 1 saturated heterocycles. The maximum Gasteiger partial charge on any atom is 0.222 e. The van der Waals surface area contributed by atoms with Gasteiger partial charge >= 0.3 is 0 Å². The first-order valence-electron chi connectivity index (χ1n) is 9.56. The topological polar surface area (TPSA) is 45.6 Å². The lowest BCUT2D eigenvalue weighted by Crippen LogP contribution is -2.49. The second kappa shape index (κ2) is 8.65. The van der Waals surface area contributed by atoms with Crippen molar-refractivity contribution in [3.63, 3.8) is 0 Å². The number of aromatic nitrogens is 1. The SMILES string of the molecule is CCCCC(=O)N1CCN(CC(=O)c2cc(C)n(C(C)C)c2C)CC1. The lowest BCUT2D eigenvalue weighted by Gasteiger charge is -2.34. The van der Waals surface area contributed by atoms with Gasteiger partial charge in [0.15, 0.2) is 5.78 Å². The normalized spacial score (nSPS) is 15.8. The summed E-state index contributed by atoms with van der Waals surface area (Å²) in [6.45, 7) is 14.0. The first kappa shape index (κ1) is 19.7. The van der Waals surface area contributed by atoms with Gasteiger partial charge in [-0.15, -0.1) is 0 Å². The highest BCUT2D eigenvalue weighted by Crippen LogP contribution is 2.21. The molecule has 2 heterocycles. The van der Waals surface area contributed by atoms with Gasteiger partial charge in [0.05, 0.1) is 6.54 Å². The molecule has 2 rings (SSSR count). The summed E-state index contributed by atoms with van der Waals surface area (Å²) < 4.78 is 2.22. The average molecular weight is 348 g/mol. The molecule has 1 aliphatic rings. The minimum absolute atomic E-state index is 0.186. The van der Waals surface area contributed by atoms with E-state index in [2.05, 4.69) is 37.2 Å². The first-order chi connectivity index (χ1) is 11.8. The van der Waals surface area contributed by atoms with E-state index >= 15 is 0 Å². The van der Waals surface area contributed by atoms with Crippen molar-refractivity contribution in [2.24, 2.45) is 0 Å². The second-order valence-electron chi connectivity index (χ2n) is 7.43. The Hall–Kier alpha value is -1.62. The molecule has 1 aromatic heterocycles. The molecular weight excluding hydrogens is 314 g/mol. The van der Waals surface area contributed by atoms with Crippen molar-refractivity contribution in [2.45, 2.75) is 59.9 Å². The fraction of sp³-hybridized carbons (Fsp3) is 0.700. The Morgan fingerprint density at radius 1 is 1.12 bits per heavy atom. The van der Waals surface area contributed by atoms with Gasteiger partial charge < -0.3 is 9.47 Å². The molecule has 1 fully saturated rings. The van der Waals surface area contributed by atoms with E-state index in [0.29, 0.717) is 19.0 Å². The summed E-state index contributed by atoms with van der Waals surface area (Å²) in [7, 11) is 0. The minimum Gasteiger partial charge on any atom is -0.346 e. The molecule has 1 aliphatic heterocycles. The summed E-state index contributed by atoms with van der Waals surface area (Å²) in [4.78, 5) is 29.0. The Kier molecular flexibility index (Phi) is 6.82. The predicted octanol–water partition coefficient (Wildman–Crippen LogP) is 3.20. The zero-order chi connectivity index (χ0) is 18.6. The largest absolute Gasteiger partial charge is 0.346 e. The Bertz CT molecular complexity index is 611. The number of hydrogen-bond donors (Lipinski definition) is 0. The molecule has 5 heteroatoms. The van der Waals surface area contributed by atoms with Crippen LogP contribution in [0.1, 0.15) is 67.8 Å². The van der Waals surface area contributed by atoms with Crippen LogP contribution in [0.5, 0.6) is 0 Å². The van der Waals surface area contributed by atoms with E-state index in [1.165, 1.54) is 0 Å². The summed E-state index contributed by atoms with van der Waals surface area (Å²) in [5, 5.41) is 0. The average Bonchev–Trinajstić information content (AvgIpc) is 2.88. The van der Waals surface area contributed by atoms with Gasteiger partial charge in [-0.1, -0.05) is 13.3 Å². The molecule has 1 aromatic rings. The van der Waals surface area contributed by atoms with Crippen LogP contribution in [0.25, 0.3) is 0 Å². The van der Waals surface area contributed by atoms with Crippen molar-refractivity contribution in [1.82, 2.24) is 14.4 Å². The van der Waals surface area contributed by atoms with Crippen molar-refractivity contribution in [3.05, 3.63) is 23.0 Å². The number of ketones is 1. The van der Waals surface area contributed by atoms with Gasteiger partial charge in [0, 0.05) is 55.6 Å². The number of aryl methyl sites for hydroxylation is 1. The third kappa shape index (κ3) is 4.72. The second-order valence-corrected chi connectivity index (χ2v) is 7.43. The lowest BCUT2D eigenvalue weighted by atomic mass is 10.1. The Labute approximate surface area is 152 Å². The Morgan fingerprint density at radius 2 is 1.76 bits per heavy atom. The van der Waals surface area contributed by atoms with E-state index < -0.39 is 0 Å². The van der Waals surface area contributed by atoms with E-state index in [-0.39, 0.29) is 11.7 Å². The van der Waals surface area contributed by atoms with Crippen LogP contribution in [0.4, 0.5) is 0 Å². The van der Waals surface area contributed by atoms with Crippen LogP contribution in [0, 0.1) is 13.8 Å². The highest BCUT2D eigenvalue weighted by atomic mass is 16.2. The predicted molar refractivity (Wildman–Crippen MR) is 101 cm³/mol. The molecule has 140 valence electrons. The molecule has 0 bridgehead atoms. The molecular formula is C20H33N3O2. The van der Waals surface area contributed by atoms with Crippen LogP contribution in [-0.4, -0.2) is 58.8 Å². The number of amides is 1. The standard InChI is InChI=1S/C20H33N3O2/c1-6-7-8-20(25)22-11-9-21(10-12-22)14-19(24)18-13-16(4)23(15(2)3)17(18)5/h13,15H,6-12,14H2,1-5H3. The monoisotopic (exact) mass is 347 g/mol. The van der Waals surface area contributed by atoms with E-state index in [1.807, 2.05) is 17.9 Å². The van der Waals surface area contributed by atoms with E-state index in [1.54, 1.807) is 0 Å². The number of unbranched alkanes of at least 4 members (excludes halogenated alkanes) is 1. The number of rotatable bonds is 7. The number of Topliss-reactive ketones (excluding diaryl/α,β-unsaturated/α-hetero) is 1. The molecule has 0 saturated carbocycles. The Balaban J connectivity index is 1.91. The van der Waals surface area contributed by atoms with E-state index in [0.717, 1.165) is 56.0 Å². The smallest absolute Gasteiger partial charge is 0.222 e. The van der Waals surface area contributed by atoms with Gasteiger partial charge in [0.2, 0.25) is 5.91 Å². The summed E-state index contributed by atoms with van der Waals surface area (Å²) >= 11 is 0. The Morgan fingerprint density at radius 3 is 2.28 bits per heavy atom. The van der Waals surface area contributed by atoms with Crippen molar-refractivity contribution in [3.8, 4) is 0 Å². The highest BCUT2D eigenvalue weighted by molar-refractivity contribution is 5.99.